The van der Waals surface area contributed by atoms with E-state index in [0.717, 1.165) is 0 Å². The average Bonchev–Trinajstić information content (AvgIpc) is 2.30. The normalized spacial score (nSPS) is 12.0. The van der Waals surface area contributed by atoms with Gasteiger partial charge in [-0.25, -0.2) is 9.59 Å². The molecule has 0 rings (SSSR count). The van der Waals surface area contributed by atoms with Crippen molar-refractivity contribution in [2.45, 2.75) is 39.7 Å². The third-order valence-corrected chi connectivity index (χ3v) is 2.50. The lowest BCUT2D eigenvalue weighted by Crippen LogP contribution is -2.49. The summed E-state index contributed by atoms with van der Waals surface area (Å²) in [5, 5.41) is 19.8. The molecule has 3 N–H and O–H groups in total. The van der Waals surface area contributed by atoms with Crippen molar-refractivity contribution in [2.24, 2.45) is 5.92 Å². The molecule has 0 aromatic rings. The van der Waals surface area contributed by atoms with Gasteiger partial charge >= 0.3 is 18.0 Å². The molecule has 0 aromatic carbocycles. The highest BCUT2D eigenvalue weighted by Crippen LogP contribution is 2.02. The molecule has 0 radical (unpaired) electrons. The molecule has 0 aromatic heterocycles. The number of carboxylic acid groups (broad SMARTS) is 2. The monoisotopic (exact) mass is 274 g/mol. The molecule has 0 aliphatic heterocycles. The van der Waals surface area contributed by atoms with Crippen LogP contribution in [0.1, 0.15) is 33.6 Å². The Morgan fingerprint density at radius 2 is 1.79 bits per heavy atom. The van der Waals surface area contributed by atoms with Crippen molar-refractivity contribution in [1.29, 1.82) is 0 Å². The van der Waals surface area contributed by atoms with Gasteiger partial charge in [0.1, 0.15) is 6.04 Å². The summed E-state index contributed by atoms with van der Waals surface area (Å²) in [5.41, 5.74) is 0. The fourth-order valence-corrected chi connectivity index (χ4v) is 1.56. The summed E-state index contributed by atoms with van der Waals surface area (Å²) in [6.45, 7) is 6.70. The second-order valence-electron chi connectivity index (χ2n) is 4.71. The van der Waals surface area contributed by atoms with E-state index in [2.05, 4.69) is 5.32 Å². The molecule has 1 atom stereocenters. The minimum Gasteiger partial charge on any atom is -0.481 e. The third kappa shape index (κ3) is 7.28. The second-order valence-corrected chi connectivity index (χ2v) is 4.71. The molecular formula is C12H22N2O5. The molecule has 0 aliphatic rings. The van der Waals surface area contributed by atoms with Crippen LogP contribution in [0.15, 0.2) is 0 Å². The molecule has 7 nitrogen and oxygen atoms in total. The van der Waals surface area contributed by atoms with E-state index in [1.807, 2.05) is 13.8 Å². The lowest BCUT2D eigenvalue weighted by Gasteiger charge is -2.25. The minimum absolute atomic E-state index is 0.129. The maximum absolute atomic E-state index is 11.9. The summed E-state index contributed by atoms with van der Waals surface area (Å²) >= 11 is 0. The van der Waals surface area contributed by atoms with Crippen LogP contribution in [0.5, 0.6) is 0 Å². The van der Waals surface area contributed by atoms with Crippen molar-refractivity contribution in [1.82, 2.24) is 10.2 Å². The Kier molecular flexibility index (Phi) is 7.55. The van der Waals surface area contributed by atoms with Crippen LogP contribution in [0.3, 0.4) is 0 Å². The first-order chi connectivity index (χ1) is 8.77. The van der Waals surface area contributed by atoms with Gasteiger partial charge in [-0.15, -0.1) is 0 Å². The van der Waals surface area contributed by atoms with Gasteiger partial charge in [-0.2, -0.15) is 0 Å². The van der Waals surface area contributed by atoms with E-state index < -0.39 is 24.0 Å². The van der Waals surface area contributed by atoms with Gasteiger partial charge < -0.3 is 20.4 Å². The van der Waals surface area contributed by atoms with Gasteiger partial charge in [-0.3, -0.25) is 4.79 Å². The first-order valence-electron chi connectivity index (χ1n) is 6.27. The van der Waals surface area contributed by atoms with Crippen molar-refractivity contribution < 1.29 is 24.6 Å². The van der Waals surface area contributed by atoms with Crippen LogP contribution in [-0.4, -0.2) is 52.2 Å². The first-order valence-corrected chi connectivity index (χ1v) is 6.27. The van der Waals surface area contributed by atoms with E-state index in [1.165, 1.54) is 4.90 Å². The molecule has 2 amide bonds. The number of urea groups is 1. The molecule has 0 fully saturated rings. The number of nitrogens with one attached hydrogen (secondary N) is 1. The van der Waals surface area contributed by atoms with Gasteiger partial charge in [0.15, 0.2) is 0 Å². The van der Waals surface area contributed by atoms with Crippen LogP contribution in [0.4, 0.5) is 4.79 Å². The molecule has 19 heavy (non-hydrogen) atoms. The summed E-state index contributed by atoms with van der Waals surface area (Å²) in [6.07, 6.45) is -0.427. The Morgan fingerprint density at radius 1 is 1.21 bits per heavy atom. The van der Waals surface area contributed by atoms with Gasteiger partial charge in [-0.1, -0.05) is 13.8 Å². The maximum atomic E-state index is 11.9. The number of carbonyl (C=O) groups excluding carboxylic acids is 1. The Balaban J connectivity index is 4.51. The zero-order chi connectivity index (χ0) is 15.0. The SMILES string of the molecule is CCN(CC(C)C)C(=O)N[C@@H](CCC(=O)O)C(=O)O. The fourth-order valence-electron chi connectivity index (χ4n) is 1.56. The minimum atomic E-state index is -1.23. The molecule has 0 saturated heterocycles. The smallest absolute Gasteiger partial charge is 0.326 e. The number of nitrogens with zero attached hydrogens (tertiary/aromatic N) is 1. The van der Waals surface area contributed by atoms with E-state index >= 15 is 0 Å². The predicted octanol–water partition coefficient (Wildman–Crippen LogP) is 0.992. The van der Waals surface area contributed by atoms with E-state index in [1.54, 1.807) is 6.92 Å². The Bertz CT molecular complexity index is 330. The molecule has 0 heterocycles. The average molecular weight is 274 g/mol. The number of amides is 2. The number of hydrogen-bond acceptors (Lipinski definition) is 3. The van der Waals surface area contributed by atoms with Crippen LogP contribution in [-0.2, 0) is 9.59 Å². The number of rotatable bonds is 8. The Labute approximate surface area is 112 Å². The zero-order valence-corrected chi connectivity index (χ0v) is 11.5. The lowest BCUT2D eigenvalue weighted by molar-refractivity contribution is -0.140. The van der Waals surface area contributed by atoms with Crippen LogP contribution in [0, 0.1) is 5.92 Å². The molecular weight excluding hydrogens is 252 g/mol. The molecule has 7 heteroatoms. The summed E-state index contributed by atoms with van der Waals surface area (Å²) < 4.78 is 0. The summed E-state index contributed by atoms with van der Waals surface area (Å²) in [6, 6.07) is -1.65. The number of aliphatic carboxylic acids is 2. The van der Waals surface area contributed by atoms with Crippen LogP contribution in [0.2, 0.25) is 0 Å². The molecule has 0 unspecified atom stereocenters. The maximum Gasteiger partial charge on any atom is 0.326 e. The van der Waals surface area contributed by atoms with Gasteiger partial charge in [0.05, 0.1) is 0 Å². The summed E-state index contributed by atoms with van der Waals surface area (Å²) in [5.74, 6) is -2.04. The van der Waals surface area contributed by atoms with Gasteiger partial charge in [0, 0.05) is 19.5 Å². The van der Waals surface area contributed by atoms with E-state index in [0.29, 0.717) is 13.1 Å². The van der Waals surface area contributed by atoms with E-state index in [-0.39, 0.29) is 18.8 Å². The lowest BCUT2D eigenvalue weighted by atomic mass is 10.1. The van der Waals surface area contributed by atoms with Crippen molar-refractivity contribution in [3.8, 4) is 0 Å². The summed E-state index contributed by atoms with van der Waals surface area (Å²) in [7, 11) is 0. The molecule has 0 bridgehead atoms. The van der Waals surface area contributed by atoms with Crippen molar-refractivity contribution in [2.75, 3.05) is 13.1 Å². The highest BCUT2D eigenvalue weighted by molar-refractivity contribution is 5.83. The largest absolute Gasteiger partial charge is 0.481 e. The standard InChI is InChI=1S/C12H22N2O5/c1-4-14(7-8(2)3)12(19)13-9(11(17)18)5-6-10(15)16/h8-9H,4-7H2,1-3H3,(H,13,19)(H,15,16)(H,17,18)/t9-/m0/s1. The van der Waals surface area contributed by atoms with Crippen molar-refractivity contribution in [3.05, 3.63) is 0 Å². The van der Waals surface area contributed by atoms with E-state index in [4.69, 9.17) is 10.2 Å². The Morgan fingerprint density at radius 3 is 2.16 bits per heavy atom. The molecule has 110 valence electrons. The highest BCUT2D eigenvalue weighted by atomic mass is 16.4. The number of carboxylic acids is 2. The third-order valence-electron chi connectivity index (χ3n) is 2.50. The number of carbonyl (C=O) groups is 3. The predicted molar refractivity (Wildman–Crippen MR) is 68.9 cm³/mol. The molecule has 0 aliphatic carbocycles. The highest BCUT2D eigenvalue weighted by Gasteiger charge is 2.23. The quantitative estimate of drug-likeness (QED) is 0.612. The second kappa shape index (κ2) is 8.34. The fraction of sp³-hybridized carbons (Fsp3) is 0.750. The van der Waals surface area contributed by atoms with Crippen LogP contribution >= 0.6 is 0 Å². The van der Waals surface area contributed by atoms with E-state index in [9.17, 15) is 14.4 Å². The van der Waals surface area contributed by atoms with Gasteiger partial charge in [-0.05, 0) is 19.3 Å². The van der Waals surface area contributed by atoms with Gasteiger partial charge in [0.25, 0.3) is 0 Å². The molecule has 0 spiro atoms. The van der Waals surface area contributed by atoms with Crippen LogP contribution < -0.4 is 5.32 Å². The Hall–Kier alpha value is -1.79. The molecule has 0 saturated carbocycles. The van der Waals surface area contributed by atoms with Gasteiger partial charge in [0.2, 0.25) is 0 Å². The number of hydrogen-bond donors (Lipinski definition) is 3. The first kappa shape index (κ1) is 17.2. The van der Waals surface area contributed by atoms with Crippen molar-refractivity contribution in [3.63, 3.8) is 0 Å². The summed E-state index contributed by atoms with van der Waals surface area (Å²) in [4.78, 5) is 34.8. The van der Waals surface area contributed by atoms with Crippen LogP contribution in [0.25, 0.3) is 0 Å². The topological polar surface area (TPSA) is 107 Å². The van der Waals surface area contributed by atoms with Crippen molar-refractivity contribution >= 4 is 18.0 Å². The zero-order valence-electron chi connectivity index (χ0n) is 11.5.